The summed E-state index contributed by atoms with van der Waals surface area (Å²) in [6.07, 6.45) is 3.02. The molecular formula is C19H20O3. The molecule has 2 rings (SSSR count). The molecule has 0 heterocycles. The van der Waals surface area contributed by atoms with E-state index in [0.29, 0.717) is 22.8 Å². The third-order valence-electron chi connectivity index (χ3n) is 3.66. The Balaban J connectivity index is 2.04. The van der Waals surface area contributed by atoms with E-state index >= 15 is 0 Å². The molecule has 3 nitrogen and oxygen atoms in total. The van der Waals surface area contributed by atoms with Crippen molar-refractivity contribution in [2.45, 2.75) is 32.6 Å². The summed E-state index contributed by atoms with van der Waals surface area (Å²) in [5.41, 5.74) is 2.30. The molecule has 0 fully saturated rings. The van der Waals surface area contributed by atoms with Crippen LogP contribution in [0.15, 0.2) is 48.5 Å². The Morgan fingerprint density at radius 1 is 1.09 bits per heavy atom. The number of carbonyl (C=O) groups excluding carboxylic acids is 2. The predicted octanol–water partition coefficient (Wildman–Crippen LogP) is 4.62. The minimum Gasteiger partial charge on any atom is -0.423 e. The van der Waals surface area contributed by atoms with Crippen LogP contribution >= 0.6 is 0 Å². The molecule has 0 aliphatic heterocycles. The van der Waals surface area contributed by atoms with E-state index in [9.17, 15) is 9.59 Å². The minimum atomic E-state index is -0.395. The molecule has 0 bridgehead atoms. The number of esters is 1. The lowest BCUT2D eigenvalue weighted by Crippen LogP contribution is -2.08. The summed E-state index contributed by atoms with van der Waals surface area (Å²) in [6, 6.07) is 14.0. The first-order valence-corrected chi connectivity index (χ1v) is 7.51. The highest BCUT2D eigenvalue weighted by atomic mass is 16.5. The van der Waals surface area contributed by atoms with Crippen molar-refractivity contribution in [1.82, 2.24) is 0 Å². The van der Waals surface area contributed by atoms with Crippen LogP contribution in [0.1, 0.15) is 58.9 Å². The molecule has 2 aromatic carbocycles. The fraction of sp³-hybridized carbons (Fsp3) is 0.263. The highest BCUT2D eigenvalue weighted by Gasteiger charge is 2.10. The average molecular weight is 296 g/mol. The second-order valence-electron chi connectivity index (χ2n) is 5.39. The molecule has 0 amide bonds. The third-order valence-corrected chi connectivity index (χ3v) is 3.66. The summed E-state index contributed by atoms with van der Waals surface area (Å²) in [5.74, 6) is 0.526. The van der Waals surface area contributed by atoms with Crippen LogP contribution in [0.4, 0.5) is 0 Å². The molecular weight excluding hydrogens is 276 g/mol. The summed E-state index contributed by atoms with van der Waals surface area (Å²) in [4.78, 5) is 22.7. The van der Waals surface area contributed by atoms with E-state index in [0.717, 1.165) is 19.1 Å². The van der Waals surface area contributed by atoms with Gasteiger partial charge in [-0.05, 0) is 54.3 Å². The van der Waals surface area contributed by atoms with Gasteiger partial charge >= 0.3 is 5.97 Å². The smallest absolute Gasteiger partial charge is 0.343 e. The van der Waals surface area contributed by atoms with E-state index in [1.165, 1.54) is 5.56 Å². The zero-order chi connectivity index (χ0) is 15.9. The Hall–Kier alpha value is -2.42. The molecule has 0 saturated carbocycles. The number of benzene rings is 2. The first kappa shape index (κ1) is 16.0. The highest BCUT2D eigenvalue weighted by molar-refractivity contribution is 5.91. The Morgan fingerprint density at radius 2 is 1.73 bits per heavy atom. The van der Waals surface area contributed by atoms with Crippen molar-refractivity contribution in [3.63, 3.8) is 0 Å². The maximum absolute atomic E-state index is 12.1. The monoisotopic (exact) mass is 296 g/mol. The standard InChI is InChI=1S/C19H20O3/c1-3-4-14(2)16-7-9-17(10-8-16)19(21)22-18-11-5-15(13-20)6-12-18/h5-14H,3-4H2,1-2H3. The van der Waals surface area contributed by atoms with Gasteiger partial charge in [-0.1, -0.05) is 32.4 Å². The van der Waals surface area contributed by atoms with Crippen molar-refractivity contribution in [2.75, 3.05) is 0 Å². The number of rotatable bonds is 6. The van der Waals surface area contributed by atoms with Gasteiger partial charge in [0, 0.05) is 5.56 Å². The van der Waals surface area contributed by atoms with Crippen LogP contribution in [0.25, 0.3) is 0 Å². The molecule has 0 spiro atoms. The third kappa shape index (κ3) is 4.04. The summed E-state index contributed by atoms with van der Waals surface area (Å²) in [7, 11) is 0. The molecule has 0 aromatic heterocycles. The van der Waals surface area contributed by atoms with E-state index in [4.69, 9.17) is 4.74 Å². The quantitative estimate of drug-likeness (QED) is 0.444. The fourth-order valence-electron chi connectivity index (χ4n) is 2.33. The van der Waals surface area contributed by atoms with Crippen molar-refractivity contribution in [2.24, 2.45) is 0 Å². The van der Waals surface area contributed by atoms with E-state index in [1.807, 2.05) is 12.1 Å². The van der Waals surface area contributed by atoms with Gasteiger partial charge < -0.3 is 4.74 Å². The fourth-order valence-corrected chi connectivity index (χ4v) is 2.33. The molecule has 0 radical (unpaired) electrons. The van der Waals surface area contributed by atoms with Gasteiger partial charge in [0.1, 0.15) is 12.0 Å². The Kier molecular flexibility index (Phi) is 5.48. The summed E-state index contributed by atoms with van der Waals surface area (Å²) >= 11 is 0. The Labute approximate surface area is 130 Å². The summed E-state index contributed by atoms with van der Waals surface area (Å²) in [6.45, 7) is 4.35. The number of carbonyl (C=O) groups is 2. The topological polar surface area (TPSA) is 43.4 Å². The van der Waals surface area contributed by atoms with Crippen molar-refractivity contribution in [3.05, 3.63) is 65.2 Å². The van der Waals surface area contributed by atoms with Gasteiger partial charge in [0.2, 0.25) is 0 Å². The molecule has 1 unspecified atom stereocenters. The summed E-state index contributed by atoms with van der Waals surface area (Å²) < 4.78 is 5.29. The Bertz CT molecular complexity index is 627. The zero-order valence-electron chi connectivity index (χ0n) is 12.9. The average Bonchev–Trinajstić information content (AvgIpc) is 2.56. The number of ether oxygens (including phenoxy) is 1. The number of hydrogen-bond donors (Lipinski definition) is 0. The van der Waals surface area contributed by atoms with Crippen molar-refractivity contribution >= 4 is 12.3 Å². The van der Waals surface area contributed by atoms with Gasteiger partial charge in [-0.2, -0.15) is 0 Å². The van der Waals surface area contributed by atoms with Crippen LogP contribution in [-0.4, -0.2) is 12.3 Å². The second-order valence-corrected chi connectivity index (χ2v) is 5.39. The van der Waals surface area contributed by atoms with Crippen LogP contribution < -0.4 is 4.74 Å². The Morgan fingerprint density at radius 3 is 2.27 bits per heavy atom. The van der Waals surface area contributed by atoms with Crippen molar-refractivity contribution in [1.29, 1.82) is 0 Å². The van der Waals surface area contributed by atoms with Crippen molar-refractivity contribution < 1.29 is 14.3 Å². The lowest BCUT2D eigenvalue weighted by atomic mass is 9.96. The number of aldehydes is 1. The zero-order valence-corrected chi connectivity index (χ0v) is 12.9. The maximum Gasteiger partial charge on any atom is 0.343 e. The molecule has 114 valence electrons. The summed E-state index contributed by atoms with van der Waals surface area (Å²) in [5, 5.41) is 0. The van der Waals surface area contributed by atoms with E-state index in [1.54, 1.807) is 36.4 Å². The number of hydrogen-bond acceptors (Lipinski definition) is 3. The van der Waals surface area contributed by atoms with Crippen LogP contribution in [0.3, 0.4) is 0 Å². The van der Waals surface area contributed by atoms with Gasteiger partial charge in [-0.25, -0.2) is 4.79 Å². The molecule has 3 heteroatoms. The second kappa shape index (κ2) is 7.55. The van der Waals surface area contributed by atoms with E-state index in [-0.39, 0.29) is 0 Å². The van der Waals surface area contributed by atoms with Gasteiger partial charge in [0.25, 0.3) is 0 Å². The lowest BCUT2D eigenvalue weighted by Gasteiger charge is -2.11. The van der Waals surface area contributed by atoms with Gasteiger partial charge in [0.05, 0.1) is 5.56 Å². The van der Waals surface area contributed by atoms with Crippen LogP contribution in [0.5, 0.6) is 5.75 Å². The normalized spacial score (nSPS) is 11.7. The SMILES string of the molecule is CCCC(C)c1ccc(C(=O)Oc2ccc(C=O)cc2)cc1. The molecule has 0 aliphatic carbocycles. The van der Waals surface area contributed by atoms with E-state index in [2.05, 4.69) is 13.8 Å². The molecule has 0 aliphatic rings. The molecule has 2 aromatic rings. The minimum absolute atomic E-state index is 0.395. The molecule has 1 atom stereocenters. The predicted molar refractivity (Wildman–Crippen MR) is 86.6 cm³/mol. The lowest BCUT2D eigenvalue weighted by molar-refractivity contribution is 0.0734. The van der Waals surface area contributed by atoms with Crippen LogP contribution in [0, 0.1) is 0 Å². The first-order chi connectivity index (χ1) is 10.6. The molecule has 0 N–H and O–H groups in total. The van der Waals surface area contributed by atoms with Gasteiger partial charge in [-0.15, -0.1) is 0 Å². The van der Waals surface area contributed by atoms with E-state index < -0.39 is 5.97 Å². The maximum atomic E-state index is 12.1. The first-order valence-electron chi connectivity index (χ1n) is 7.51. The van der Waals surface area contributed by atoms with Gasteiger partial charge in [0.15, 0.2) is 0 Å². The molecule has 0 saturated heterocycles. The van der Waals surface area contributed by atoms with Crippen molar-refractivity contribution in [3.8, 4) is 5.75 Å². The van der Waals surface area contributed by atoms with Crippen LogP contribution in [0.2, 0.25) is 0 Å². The highest BCUT2D eigenvalue weighted by Crippen LogP contribution is 2.21. The van der Waals surface area contributed by atoms with Gasteiger partial charge in [-0.3, -0.25) is 4.79 Å². The molecule has 22 heavy (non-hydrogen) atoms. The largest absolute Gasteiger partial charge is 0.423 e. The van der Waals surface area contributed by atoms with Crippen LogP contribution in [-0.2, 0) is 0 Å².